The van der Waals surface area contributed by atoms with Gasteiger partial charge in [-0.25, -0.2) is 13.8 Å². The summed E-state index contributed by atoms with van der Waals surface area (Å²) in [7, 11) is 1.36. The fraction of sp³-hybridized carbons (Fsp3) is 0.276. The van der Waals surface area contributed by atoms with Gasteiger partial charge >= 0.3 is 0 Å². The molecule has 3 aromatic heterocycles. The number of carbonyl (C=O) groups excluding carboxylic acids is 2. The van der Waals surface area contributed by atoms with Crippen molar-refractivity contribution in [2.75, 3.05) is 37.1 Å². The van der Waals surface area contributed by atoms with Crippen LogP contribution in [0.5, 0.6) is 5.75 Å². The molecule has 11 nitrogen and oxygen atoms in total. The van der Waals surface area contributed by atoms with Crippen LogP contribution in [0.1, 0.15) is 56.9 Å². The lowest BCUT2D eigenvalue weighted by Gasteiger charge is -2.26. The summed E-state index contributed by atoms with van der Waals surface area (Å²) < 4.78 is 37.8. The molecule has 6 rings (SSSR count). The zero-order valence-electron chi connectivity index (χ0n) is 22.7. The van der Waals surface area contributed by atoms with Crippen LogP contribution in [-0.2, 0) is 9.53 Å². The summed E-state index contributed by atoms with van der Waals surface area (Å²) in [5, 5.41) is 21.2. The summed E-state index contributed by atoms with van der Waals surface area (Å²) in [5.74, 6) is -0.131. The van der Waals surface area contributed by atoms with E-state index in [-0.39, 0.29) is 64.3 Å². The second-order valence-electron chi connectivity index (χ2n) is 9.88. The second kappa shape index (κ2) is 11.8. The number of ether oxygens (including phenoxy) is 2. The molecule has 1 N–H and O–H groups in total. The van der Waals surface area contributed by atoms with Gasteiger partial charge in [0, 0.05) is 23.2 Å². The summed E-state index contributed by atoms with van der Waals surface area (Å²) in [6.07, 6.45) is 0.460. The third kappa shape index (κ3) is 5.77. The maximum Gasteiger partial charge on any atom is 0.280 e. The van der Waals surface area contributed by atoms with E-state index in [1.54, 1.807) is 12.1 Å². The number of carbonyl (C=O) groups is 2. The van der Waals surface area contributed by atoms with Gasteiger partial charge in [0.2, 0.25) is 5.13 Å². The third-order valence-corrected chi connectivity index (χ3v) is 8.23. The molecule has 2 aliphatic rings. The summed E-state index contributed by atoms with van der Waals surface area (Å²) in [6, 6.07) is 12.2. The zero-order chi connectivity index (χ0) is 30.1. The van der Waals surface area contributed by atoms with Crippen LogP contribution in [-0.4, -0.2) is 58.8 Å². The summed E-state index contributed by atoms with van der Waals surface area (Å²) in [5.41, 5.74) is 1.65. The molecule has 0 radical (unpaired) electrons. The molecule has 2 atom stereocenters. The van der Waals surface area contributed by atoms with Crippen molar-refractivity contribution in [2.45, 2.75) is 24.7 Å². The number of morpholine rings is 1. The summed E-state index contributed by atoms with van der Waals surface area (Å²) >= 11 is 1.25. The van der Waals surface area contributed by atoms with Gasteiger partial charge < -0.3 is 9.47 Å². The minimum atomic E-state index is -2.86. The molecule has 0 spiro atoms. The summed E-state index contributed by atoms with van der Waals surface area (Å²) in [6.45, 7) is 0.413. The molecule has 2 amide bonds. The predicted molar refractivity (Wildman–Crippen MR) is 151 cm³/mol. The van der Waals surface area contributed by atoms with Crippen LogP contribution in [0.4, 0.5) is 19.7 Å². The smallest absolute Gasteiger partial charge is 0.280 e. The van der Waals surface area contributed by atoms with Crippen LogP contribution in [0.3, 0.4) is 0 Å². The Balaban J connectivity index is 1.29. The van der Waals surface area contributed by atoms with Crippen molar-refractivity contribution in [2.24, 2.45) is 0 Å². The number of aromatic nitrogens is 4. The van der Waals surface area contributed by atoms with Gasteiger partial charge in [0.15, 0.2) is 0 Å². The number of hydrogen-bond donors (Lipinski definition) is 1. The number of anilines is 2. The predicted octanol–water partition coefficient (Wildman–Crippen LogP) is 4.70. The van der Waals surface area contributed by atoms with Crippen LogP contribution < -0.4 is 15.0 Å². The van der Waals surface area contributed by atoms with Gasteiger partial charge in [0.1, 0.15) is 28.9 Å². The molecule has 218 valence electrons. The number of alkyl halides is 2. The van der Waals surface area contributed by atoms with E-state index in [4.69, 9.17) is 14.7 Å². The highest BCUT2D eigenvalue weighted by molar-refractivity contribution is 7.15. The van der Waals surface area contributed by atoms with Gasteiger partial charge in [0.25, 0.3) is 18.2 Å². The van der Waals surface area contributed by atoms with Crippen LogP contribution in [0.15, 0.2) is 48.8 Å². The molecule has 2 fully saturated rings. The van der Waals surface area contributed by atoms with E-state index >= 15 is 0 Å². The van der Waals surface area contributed by atoms with Crippen molar-refractivity contribution in [1.29, 1.82) is 5.26 Å². The Morgan fingerprint density at radius 1 is 1.16 bits per heavy atom. The molecular weight excluding hydrogens is 580 g/mol. The average molecular weight is 604 g/mol. The minimum Gasteiger partial charge on any atom is -0.494 e. The number of benzene rings is 1. The van der Waals surface area contributed by atoms with Gasteiger partial charge in [-0.1, -0.05) is 23.5 Å². The van der Waals surface area contributed by atoms with Crippen LogP contribution in [0.25, 0.3) is 11.1 Å². The van der Waals surface area contributed by atoms with Gasteiger partial charge in [0.05, 0.1) is 43.7 Å². The topological polar surface area (TPSA) is 143 Å². The number of nitrogens with one attached hydrogen (secondary N) is 1. The number of halogens is 2. The van der Waals surface area contributed by atoms with Crippen molar-refractivity contribution in [1.82, 2.24) is 20.2 Å². The van der Waals surface area contributed by atoms with E-state index in [9.17, 15) is 18.4 Å². The monoisotopic (exact) mass is 603 g/mol. The Kier molecular flexibility index (Phi) is 7.75. The van der Waals surface area contributed by atoms with Crippen molar-refractivity contribution < 1.29 is 27.8 Å². The molecule has 43 heavy (non-hydrogen) atoms. The Labute approximate surface area is 248 Å². The highest BCUT2D eigenvalue weighted by Crippen LogP contribution is 2.55. The van der Waals surface area contributed by atoms with Crippen LogP contribution in [0.2, 0.25) is 0 Å². The van der Waals surface area contributed by atoms with Crippen molar-refractivity contribution in [3.8, 4) is 22.9 Å². The first-order valence-corrected chi connectivity index (χ1v) is 14.0. The Morgan fingerprint density at radius 3 is 2.70 bits per heavy atom. The highest BCUT2D eigenvalue weighted by Gasteiger charge is 2.42. The normalized spacial score (nSPS) is 17.9. The second-order valence-corrected chi connectivity index (χ2v) is 10.9. The summed E-state index contributed by atoms with van der Waals surface area (Å²) in [4.78, 5) is 35.6. The Bertz CT molecular complexity index is 1740. The van der Waals surface area contributed by atoms with Gasteiger partial charge in [-0.15, -0.1) is 10.2 Å². The number of amides is 2. The molecule has 0 bridgehead atoms. The van der Waals surface area contributed by atoms with E-state index in [0.717, 1.165) is 29.3 Å². The third-order valence-electron chi connectivity index (χ3n) is 7.26. The number of nitrogens with zero attached hydrogens (tertiary/aromatic N) is 6. The minimum absolute atomic E-state index is 0.0489. The first kappa shape index (κ1) is 28.3. The van der Waals surface area contributed by atoms with Gasteiger partial charge in [-0.3, -0.25) is 24.8 Å². The molecular formula is C29H23F2N7O4S. The quantitative estimate of drug-likeness (QED) is 0.303. The molecule has 1 unspecified atom stereocenters. The molecule has 14 heteroatoms. The number of methoxy groups -OCH3 is 1. The standard InChI is InChI=1S/C29H23F2N7O4S/c1-41-23-13-33-22(26(30)31)9-19(23)18-10-24(38-6-7-42-14-25(38)39)34-12-21(18)27(40)35-29-37-36-28(43-29)20-8-17(20)16-4-2-15(11-32)3-5-16/h2-5,9-10,12-13,17,20,26H,6-8,14H2,1H3,(H,35,37,40)/t17-,20?/m0/s1. The van der Waals surface area contributed by atoms with Crippen LogP contribution >= 0.6 is 11.3 Å². The molecule has 1 saturated carbocycles. The van der Waals surface area contributed by atoms with Crippen molar-refractivity contribution in [3.05, 3.63) is 76.2 Å². The Morgan fingerprint density at radius 2 is 1.98 bits per heavy atom. The number of rotatable bonds is 8. The lowest BCUT2D eigenvalue weighted by molar-refractivity contribution is -0.125. The first-order chi connectivity index (χ1) is 20.9. The zero-order valence-corrected chi connectivity index (χ0v) is 23.5. The van der Waals surface area contributed by atoms with E-state index in [1.807, 2.05) is 12.1 Å². The van der Waals surface area contributed by atoms with Crippen molar-refractivity contribution >= 4 is 34.1 Å². The first-order valence-electron chi connectivity index (χ1n) is 13.2. The SMILES string of the molecule is COc1cnc(C(F)F)cc1-c1cc(N2CCOCC2=O)ncc1C(=O)Nc1nnc(C2C[C@H]2c2ccc(C#N)cc2)s1. The van der Waals surface area contributed by atoms with E-state index < -0.39 is 18.0 Å². The van der Waals surface area contributed by atoms with Gasteiger partial charge in [-0.2, -0.15) is 5.26 Å². The molecule has 1 aromatic carbocycles. The number of nitriles is 1. The van der Waals surface area contributed by atoms with E-state index in [2.05, 4.69) is 31.6 Å². The molecule has 1 saturated heterocycles. The van der Waals surface area contributed by atoms with Crippen molar-refractivity contribution in [3.63, 3.8) is 0 Å². The maximum atomic E-state index is 13.6. The lowest BCUT2D eigenvalue weighted by atomic mass is 9.99. The Hall–Kier alpha value is -4.87. The largest absolute Gasteiger partial charge is 0.494 e. The number of pyridine rings is 2. The lowest BCUT2D eigenvalue weighted by Crippen LogP contribution is -2.42. The fourth-order valence-corrected chi connectivity index (χ4v) is 5.86. The molecule has 4 heterocycles. The maximum absolute atomic E-state index is 13.6. The average Bonchev–Trinajstić information content (AvgIpc) is 3.70. The fourth-order valence-electron chi connectivity index (χ4n) is 4.95. The molecule has 4 aromatic rings. The molecule has 1 aliphatic heterocycles. The van der Waals surface area contributed by atoms with Crippen LogP contribution in [0, 0.1) is 11.3 Å². The number of hydrogen-bond acceptors (Lipinski definition) is 10. The van der Waals surface area contributed by atoms with Gasteiger partial charge in [-0.05, 0) is 42.2 Å². The van der Waals surface area contributed by atoms with E-state index in [1.165, 1.54) is 35.6 Å². The molecule has 1 aliphatic carbocycles. The highest BCUT2D eigenvalue weighted by atomic mass is 32.1. The van der Waals surface area contributed by atoms with E-state index in [0.29, 0.717) is 12.2 Å².